The third-order valence-electron chi connectivity index (χ3n) is 4.94. The number of amides is 3. The Labute approximate surface area is 196 Å². The van der Waals surface area contributed by atoms with Gasteiger partial charge in [-0.25, -0.2) is 5.48 Å². The average Bonchev–Trinajstić information content (AvgIpc) is 2.84. The highest BCUT2D eigenvalue weighted by Gasteiger charge is 2.19. The molecular weight excluding hydrogens is 440 g/mol. The van der Waals surface area contributed by atoms with Crippen molar-refractivity contribution < 1.29 is 19.6 Å². The number of benzene rings is 2. The Morgan fingerprint density at radius 3 is 2.09 bits per heavy atom. The largest absolute Gasteiger partial charge is 0.370 e. The predicted octanol–water partition coefficient (Wildman–Crippen LogP) is -0.555. The highest BCUT2D eigenvalue weighted by Crippen LogP contribution is 2.22. The van der Waals surface area contributed by atoms with Gasteiger partial charge < -0.3 is 33.2 Å². The quantitative estimate of drug-likeness (QED) is 0.0679. The van der Waals surface area contributed by atoms with E-state index in [4.69, 9.17) is 27.8 Å². The van der Waals surface area contributed by atoms with Crippen molar-refractivity contribution in [2.45, 2.75) is 24.9 Å². The third-order valence-corrected chi connectivity index (χ3v) is 4.94. The fourth-order valence-corrected chi connectivity index (χ4v) is 3.02. The van der Waals surface area contributed by atoms with E-state index in [2.05, 4.69) is 16.0 Å². The minimum absolute atomic E-state index is 0.122. The number of hydrogen-bond acceptors (Lipinski definition) is 7. The number of nitrogens with two attached hydrogens (primary N) is 3. The molecule has 0 heterocycles. The van der Waals surface area contributed by atoms with Crippen molar-refractivity contribution in [2.75, 3.05) is 18.4 Å². The lowest BCUT2D eigenvalue weighted by atomic mass is 10.0. The highest BCUT2D eigenvalue weighted by molar-refractivity contribution is 5.98. The fourth-order valence-electron chi connectivity index (χ4n) is 3.02. The molecular formula is C22H30N8O4. The second-order valence-corrected chi connectivity index (χ2v) is 7.47. The minimum Gasteiger partial charge on any atom is -0.370 e. The van der Waals surface area contributed by atoms with E-state index in [0.717, 1.165) is 11.1 Å². The Morgan fingerprint density at radius 1 is 0.971 bits per heavy atom. The molecule has 182 valence electrons. The van der Waals surface area contributed by atoms with Gasteiger partial charge in [0.25, 0.3) is 11.8 Å². The van der Waals surface area contributed by atoms with Gasteiger partial charge in [0.2, 0.25) is 5.91 Å². The van der Waals surface area contributed by atoms with Gasteiger partial charge in [0.15, 0.2) is 5.96 Å². The molecule has 0 unspecified atom stereocenters. The maximum absolute atomic E-state index is 12.3. The van der Waals surface area contributed by atoms with Crippen LogP contribution in [0.1, 0.15) is 23.2 Å². The van der Waals surface area contributed by atoms with E-state index in [-0.39, 0.29) is 18.4 Å². The summed E-state index contributed by atoms with van der Waals surface area (Å²) in [5.74, 6) is -1.73. The van der Waals surface area contributed by atoms with E-state index in [1.807, 2.05) is 12.1 Å². The Hall–Kier alpha value is -4.00. The van der Waals surface area contributed by atoms with Gasteiger partial charge in [-0.3, -0.25) is 25.0 Å². The van der Waals surface area contributed by atoms with Crippen LogP contribution in [0.2, 0.25) is 0 Å². The Balaban J connectivity index is 1.93. The summed E-state index contributed by atoms with van der Waals surface area (Å²) in [5.41, 5.74) is 20.6. The average molecular weight is 471 g/mol. The van der Waals surface area contributed by atoms with E-state index < -0.39 is 23.9 Å². The molecule has 3 amide bonds. The first-order valence-electron chi connectivity index (χ1n) is 10.5. The van der Waals surface area contributed by atoms with Gasteiger partial charge in [0.1, 0.15) is 6.04 Å². The molecule has 2 aromatic carbocycles. The first-order chi connectivity index (χ1) is 16.2. The van der Waals surface area contributed by atoms with E-state index in [0.29, 0.717) is 30.6 Å². The van der Waals surface area contributed by atoms with E-state index >= 15 is 0 Å². The van der Waals surface area contributed by atoms with Gasteiger partial charge in [-0.1, -0.05) is 24.3 Å². The molecule has 12 N–H and O–H groups in total. The Morgan fingerprint density at radius 2 is 1.56 bits per heavy atom. The lowest BCUT2D eigenvalue weighted by Crippen LogP contribution is -2.50. The van der Waals surface area contributed by atoms with Crippen LogP contribution in [0.3, 0.4) is 0 Å². The summed E-state index contributed by atoms with van der Waals surface area (Å²) in [4.78, 5) is 36.0. The number of hydrogen-bond donors (Lipinski definition) is 9. The molecule has 0 fully saturated rings. The predicted molar refractivity (Wildman–Crippen MR) is 128 cm³/mol. The lowest BCUT2D eigenvalue weighted by molar-refractivity contribution is -0.130. The van der Waals surface area contributed by atoms with E-state index in [1.54, 1.807) is 36.4 Å². The van der Waals surface area contributed by atoms with Crippen LogP contribution in [-0.2, 0) is 9.59 Å². The van der Waals surface area contributed by atoms with Crippen molar-refractivity contribution in [3.63, 3.8) is 0 Å². The van der Waals surface area contributed by atoms with Crippen molar-refractivity contribution in [3.05, 3.63) is 54.1 Å². The Bertz CT molecular complexity index is 995. The molecule has 2 aromatic rings. The lowest BCUT2D eigenvalue weighted by Gasteiger charge is -2.14. The van der Waals surface area contributed by atoms with E-state index in [1.165, 1.54) is 5.48 Å². The monoisotopic (exact) mass is 470 g/mol. The van der Waals surface area contributed by atoms with Crippen LogP contribution < -0.4 is 38.6 Å². The van der Waals surface area contributed by atoms with Gasteiger partial charge in [0, 0.05) is 24.3 Å². The number of guanidine groups is 1. The van der Waals surface area contributed by atoms with Crippen molar-refractivity contribution in [3.8, 4) is 11.1 Å². The van der Waals surface area contributed by atoms with Crippen LogP contribution in [-0.4, -0.2) is 54.1 Å². The number of hydroxylamine groups is 1. The molecule has 0 saturated heterocycles. The zero-order valence-electron chi connectivity index (χ0n) is 18.5. The number of carbonyl (C=O) groups excluding carboxylic acids is 3. The summed E-state index contributed by atoms with van der Waals surface area (Å²) in [6.45, 7) is 0.304. The summed E-state index contributed by atoms with van der Waals surface area (Å²) in [5, 5.41) is 23.6. The van der Waals surface area contributed by atoms with Gasteiger partial charge in [-0.05, 0) is 48.2 Å². The van der Waals surface area contributed by atoms with Gasteiger partial charge in [-0.2, -0.15) is 0 Å². The summed E-state index contributed by atoms with van der Waals surface area (Å²) in [7, 11) is 0. The van der Waals surface area contributed by atoms with Crippen LogP contribution in [0.4, 0.5) is 5.69 Å². The highest BCUT2D eigenvalue weighted by atomic mass is 16.5. The maximum Gasteiger partial charge on any atom is 0.267 e. The van der Waals surface area contributed by atoms with Crippen LogP contribution in [0.5, 0.6) is 0 Å². The molecule has 0 aliphatic carbocycles. The van der Waals surface area contributed by atoms with Crippen LogP contribution >= 0.6 is 0 Å². The summed E-state index contributed by atoms with van der Waals surface area (Å²) in [6.07, 6.45) is 1.05. The molecule has 2 atom stereocenters. The second kappa shape index (κ2) is 12.9. The molecule has 12 nitrogen and oxygen atoms in total. The second-order valence-electron chi connectivity index (χ2n) is 7.47. The van der Waals surface area contributed by atoms with Crippen LogP contribution in [0, 0.1) is 5.41 Å². The molecule has 0 bridgehead atoms. The third kappa shape index (κ3) is 7.85. The topological polar surface area (TPSA) is 221 Å². The minimum atomic E-state index is -1.05. The van der Waals surface area contributed by atoms with Gasteiger partial charge in [-0.15, -0.1) is 0 Å². The normalized spacial score (nSPS) is 12.2. The van der Waals surface area contributed by atoms with Crippen LogP contribution in [0.15, 0.2) is 48.5 Å². The molecule has 0 spiro atoms. The molecule has 2 rings (SSSR count). The zero-order chi connectivity index (χ0) is 25.1. The molecule has 0 saturated carbocycles. The Kier molecular flexibility index (Phi) is 9.95. The number of rotatable bonds is 11. The van der Waals surface area contributed by atoms with Crippen molar-refractivity contribution in [2.24, 2.45) is 17.2 Å². The molecule has 0 aliphatic rings. The smallest absolute Gasteiger partial charge is 0.267 e. The van der Waals surface area contributed by atoms with Crippen molar-refractivity contribution in [1.29, 1.82) is 5.41 Å². The van der Waals surface area contributed by atoms with Crippen LogP contribution in [0.25, 0.3) is 11.1 Å². The summed E-state index contributed by atoms with van der Waals surface area (Å²) < 4.78 is 0. The molecule has 12 heteroatoms. The van der Waals surface area contributed by atoms with Gasteiger partial charge >= 0.3 is 0 Å². The maximum atomic E-state index is 12.3. The number of nitrogens with one attached hydrogen (secondary N) is 5. The SMILES string of the molecule is N=C(N)NCCC[C@H](N)C(=O)Nc1ccc(-c2ccc(C(=O)N[C@@H](CN)C(=O)NO)cc2)cc1. The van der Waals surface area contributed by atoms with E-state index in [9.17, 15) is 14.4 Å². The fraction of sp³-hybridized carbons (Fsp3) is 0.273. The summed E-state index contributed by atoms with van der Waals surface area (Å²) in [6, 6.07) is 12.1. The standard InChI is InChI=1S/C22H30N8O4/c23-12-18(21(33)30-34)29-19(31)15-5-3-13(4-6-15)14-7-9-16(10-8-14)28-20(32)17(24)2-1-11-27-22(25)26/h3-10,17-18,34H,1-2,11-12,23-24H2,(H,28,32)(H,29,31)(H,30,33)(H4,25,26,27)/t17-,18-/m0/s1. The summed E-state index contributed by atoms with van der Waals surface area (Å²) >= 11 is 0. The number of anilines is 1. The zero-order valence-corrected chi connectivity index (χ0v) is 18.5. The molecule has 0 aromatic heterocycles. The van der Waals surface area contributed by atoms with Crippen molar-refractivity contribution in [1.82, 2.24) is 16.1 Å². The van der Waals surface area contributed by atoms with Gasteiger partial charge in [0.05, 0.1) is 6.04 Å². The molecule has 0 radical (unpaired) electrons. The first kappa shape index (κ1) is 26.3. The molecule has 0 aliphatic heterocycles. The molecule has 34 heavy (non-hydrogen) atoms. The first-order valence-corrected chi connectivity index (χ1v) is 10.5. The van der Waals surface area contributed by atoms with Crippen molar-refractivity contribution >= 4 is 29.4 Å². The number of carbonyl (C=O) groups is 3.